The standard InChI is InChI=1S/C3H7ClO4S/c1-3(4,5)2-9(6,7)8/h5H,2H2,1H3,(H,6,7,8). The lowest BCUT2D eigenvalue weighted by atomic mass is 10.5. The van der Waals surface area contributed by atoms with Gasteiger partial charge in [-0.1, -0.05) is 11.6 Å². The third kappa shape index (κ3) is 8.16. The van der Waals surface area contributed by atoms with E-state index in [4.69, 9.17) is 21.3 Å². The fourth-order valence-corrected chi connectivity index (χ4v) is 1.41. The molecule has 6 heteroatoms. The lowest BCUT2D eigenvalue weighted by Crippen LogP contribution is -2.26. The first-order valence-corrected chi connectivity index (χ1v) is 4.06. The Balaban J connectivity index is 4.07. The van der Waals surface area contributed by atoms with E-state index in [-0.39, 0.29) is 0 Å². The Kier molecular flexibility index (Phi) is 2.46. The molecular formula is C3H7ClO4S. The van der Waals surface area contributed by atoms with Gasteiger partial charge in [0.25, 0.3) is 10.1 Å². The SMILES string of the molecule is CC(O)(Cl)CS(=O)(=O)O. The van der Waals surface area contributed by atoms with Crippen molar-refractivity contribution in [1.29, 1.82) is 0 Å². The van der Waals surface area contributed by atoms with Gasteiger partial charge in [-0.3, -0.25) is 4.55 Å². The van der Waals surface area contributed by atoms with E-state index in [9.17, 15) is 8.42 Å². The second-order valence-corrected chi connectivity index (χ2v) is 4.14. The van der Waals surface area contributed by atoms with Gasteiger partial charge >= 0.3 is 0 Å². The highest BCUT2D eigenvalue weighted by Gasteiger charge is 2.23. The van der Waals surface area contributed by atoms with Crippen molar-refractivity contribution in [2.45, 2.75) is 12.0 Å². The van der Waals surface area contributed by atoms with Crippen LogP contribution < -0.4 is 0 Å². The van der Waals surface area contributed by atoms with E-state index in [1.807, 2.05) is 0 Å². The molecule has 0 heterocycles. The zero-order valence-corrected chi connectivity index (χ0v) is 6.28. The van der Waals surface area contributed by atoms with Crippen LogP contribution in [-0.4, -0.2) is 28.9 Å². The van der Waals surface area contributed by atoms with Gasteiger partial charge in [0.05, 0.1) is 0 Å². The van der Waals surface area contributed by atoms with E-state index >= 15 is 0 Å². The molecule has 0 bridgehead atoms. The largest absolute Gasteiger partial charge is 0.374 e. The average molecular weight is 175 g/mol. The minimum absolute atomic E-state index is 0.860. The Morgan fingerprint density at radius 2 is 2.00 bits per heavy atom. The molecule has 0 aromatic carbocycles. The first-order chi connectivity index (χ1) is 3.71. The molecule has 0 aliphatic heterocycles. The van der Waals surface area contributed by atoms with Crippen LogP contribution in [0.25, 0.3) is 0 Å². The van der Waals surface area contributed by atoms with Gasteiger partial charge < -0.3 is 5.11 Å². The lowest BCUT2D eigenvalue weighted by Gasteiger charge is -2.10. The van der Waals surface area contributed by atoms with Gasteiger partial charge in [0.2, 0.25) is 0 Å². The summed E-state index contributed by atoms with van der Waals surface area (Å²) in [5.41, 5.74) is 0. The van der Waals surface area contributed by atoms with E-state index in [0.29, 0.717) is 0 Å². The molecule has 0 aromatic rings. The molecule has 0 saturated heterocycles. The fraction of sp³-hybridized carbons (Fsp3) is 1.00. The summed E-state index contributed by atoms with van der Waals surface area (Å²) in [5, 5.41) is 6.70. The normalized spacial score (nSPS) is 19.1. The Bertz CT molecular complexity index is 176. The van der Waals surface area contributed by atoms with Gasteiger partial charge in [-0.15, -0.1) is 0 Å². The van der Waals surface area contributed by atoms with Crippen LogP contribution in [0.15, 0.2) is 0 Å². The number of rotatable bonds is 2. The molecule has 1 unspecified atom stereocenters. The number of halogens is 1. The van der Waals surface area contributed by atoms with Crippen LogP contribution in [0.1, 0.15) is 6.92 Å². The van der Waals surface area contributed by atoms with Crippen LogP contribution in [0.5, 0.6) is 0 Å². The molecule has 9 heavy (non-hydrogen) atoms. The van der Waals surface area contributed by atoms with Crippen molar-refractivity contribution >= 4 is 21.7 Å². The molecular weight excluding hydrogens is 168 g/mol. The summed E-state index contributed by atoms with van der Waals surface area (Å²) in [7, 11) is -4.16. The predicted molar refractivity (Wildman–Crippen MR) is 32.9 cm³/mol. The van der Waals surface area contributed by atoms with Gasteiger partial charge in [0.1, 0.15) is 5.75 Å². The summed E-state index contributed by atoms with van der Waals surface area (Å²) in [5.74, 6) is -0.860. The number of aliphatic hydroxyl groups is 1. The topological polar surface area (TPSA) is 74.6 Å². The minimum atomic E-state index is -4.16. The van der Waals surface area contributed by atoms with Gasteiger partial charge in [0.15, 0.2) is 5.06 Å². The van der Waals surface area contributed by atoms with Crippen LogP contribution in [-0.2, 0) is 10.1 Å². The number of hydrogen-bond donors (Lipinski definition) is 2. The molecule has 0 aliphatic carbocycles. The summed E-state index contributed by atoms with van der Waals surface area (Å²) in [4.78, 5) is 0. The van der Waals surface area contributed by atoms with Gasteiger partial charge in [-0.2, -0.15) is 8.42 Å². The highest BCUT2D eigenvalue weighted by molar-refractivity contribution is 7.85. The molecule has 4 nitrogen and oxygen atoms in total. The van der Waals surface area contributed by atoms with Gasteiger partial charge in [-0.05, 0) is 6.92 Å². The molecule has 0 aromatic heterocycles. The first kappa shape index (κ1) is 9.16. The van der Waals surface area contributed by atoms with Crippen LogP contribution in [0.4, 0.5) is 0 Å². The summed E-state index contributed by atoms with van der Waals surface area (Å²) in [6.45, 7) is 1.07. The molecule has 0 saturated carbocycles. The van der Waals surface area contributed by atoms with Gasteiger partial charge in [0, 0.05) is 0 Å². The Morgan fingerprint density at radius 1 is 1.67 bits per heavy atom. The van der Waals surface area contributed by atoms with E-state index in [1.54, 1.807) is 0 Å². The second-order valence-electron chi connectivity index (χ2n) is 1.87. The first-order valence-electron chi connectivity index (χ1n) is 2.07. The Labute approximate surface area is 58.2 Å². The summed E-state index contributed by atoms with van der Waals surface area (Å²) >= 11 is 5.03. The zero-order chi connectivity index (χ0) is 7.71. The number of hydrogen-bond acceptors (Lipinski definition) is 3. The third-order valence-electron chi connectivity index (χ3n) is 0.446. The average Bonchev–Trinajstić information content (AvgIpc) is 1.14. The molecule has 0 rings (SSSR count). The summed E-state index contributed by atoms with van der Waals surface area (Å²) in [6.07, 6.45) is 0. The molecule has 56 valence electrons. The Morgan fingerprint density at radius 3 is 2.00 bits per heavy atom. The Hall–Kier alpha value is 0.160. The molecule has 0 aliphatic rings. The quantitative estimate of drug-likeness (QED) is 0.450. The van der Waals surface area contributed by atoms with Crippen molar-refractivity contribution in [2.75, 3.05) is 5.75 Å². The summed E-state index contributed by atoms with van der Waals surface area (Å²) in [6, 6.07) is 0. The monoisotopic (exact) mass is 174 g/mol. The van der Waals surface area contributed by atoms with Crippen molar-refractivity contribution in [3.05, 3.63) is 0 Å². The molecule has 0 amide bonds. The summed E-state index contributed by atoms with van der Waals surface area (Å²) < 4.78 is 28.0. The van der Waals surface area contributed by atoms with Crippen LogP contribution in [0, 0.1) is 0 Å². The van der Waals surface area contributed by atoms with E-state index in [1.165, 1.54) is 0 Å². The predicted octanol–water partition coefficient (Wildman–Crippen LogP) is -0.178. The zero-order valence-electron chi connectivity index (χ0n) is 4.70. The second kappa shape index (κ2) is 2.42. The maximum atomic E-state index is 9.96. The van der Waals surface area contributed by atoms with E-state index in [0.717, 1.165) is 6.92 Å². The van der Waals surface area contributed by atoms with E-state index < -0.39 is 20.9 Å². The van der Waals surface area contributed by atoms with Crippen LogP contribution in [0.2, 0.25) is 0 Å². The minimum Gasteiger partial charge on any atom is -0.374 e. The maximum Gasteiger partial charge on any atom is 0.268 e. The van der Waals surface area contributed by atoms with Crippen molar-refractivity contribution in [3.8, 4) is 0 Å². The van der Waals surface area contributed by atoms with E-state index in [2.05, 4.69) is 0 Å². The molecule has 1 atom stereocenters. The van der Waals surface area contributed by atoms with Crippen LogP contribution in [0.3, 0.4) is 0 Å². The highest BCUT2D eigenvalue weighted by atomic mass is 35.5. The van der Waals surface area contributed by atoms with Crippen molar-refractivity contribution in [1.82, 2.24) is 0 Å². The van der Waals surface area contributed by atoms with Crippen molar-refractivity contribution in [3.63, 3.8) is 0 Å². The van der Waals surface area contributed by atoms with Gasteiger partial charge in [-0.25, -0.2) is 0 Å². The highest BCUT2D eigenvalue weighted by Crippen LogP contribution is 2.10. The molecule has 2 N–H and O–H groups in total. The fourth-order valence-electron chi connectivity index (χ4n) is 0.333. The molecule has 0 spiro atoms. The molecule has 0 fully saturated rings. The van der Waals surface area contributed by atoms with Crippen LogP contribution >= 0.6 is 11.6 Å². The number of alkyl halides is 1. The van der Waals surface area contributed by atoms with Crippen molar-refractivity contribution < 1.29 is 18.1 Å². The lowest BCUT2D eigenvalue weighted by molar-refractivity contribution is 0.171. The third-order valence-corrected chi connectivity index (χ3v) is 1.66. The smallest absolute Gasteiger partial charge is 0.268 e. The maximum absolute atomic E-state index is 9.96. The van der Waals surface area contributed by atoms with Crippen molar-refractivity contribution in [2.24, 2.45) is 0 Å². The molecule has 0 radical (unpaired) electrons.